The summed E-state index contributed by atoms with van der Waals surface area (Å²) < 4.78 is 11.6. The molecule has 0 aromatic heterocycles. The Kier molecular flexibility index (Phi) is 6.62. The van der Waals surface area contributed by atoms with E-state index < -0.39 is 0 Å². The third-order valence-corrected chi connectivity index (χ3v) is 3.71. The zero-order valence-electron chi connectivity index (χ0n) is 10.6. The van der Waals surface area contributed by atoms with Crippen LogP contribution in [0.3, 0.4) is 0 Å². The molecule has 1 aliphatic carbocycles. The van der Waals surface area contributed by atoms with E-state index in [1.807, 2.05) is 0 Å². The summed E-state index contributed by atoms with van der Waals surface area (Å²) in [6, 6.07) is 0. The fraction of sp³-hybridized carbons (Fsp3) is 0.846. The molecule has 0 spiro atoms. The van der Waals surface area contributed by atoms with E-state index in [1.54, 1.807) is 0 Å². The summed E-state index contributed by atoms with van der Waals surface area (Å²) in [5, 5.41) is 0.750. The topological polar surface area (TPSA) is 18.5 Å². The maximum atomic E-state index is 5.96. The minimum Gasteiger partial charge on any atom is -0.352 e. The highest BCUT2D eigenvalue weighted by Gasteiger charge is 2.23. The van der Waals surface area contributed by atoms with Crippen molar-refractivity contribution >= 4 is 15.9 Å². The lowest BCUT2D eigenvalue weighted by molar-refractivity contribution is -0.147. The van der Waals surface area contributed by atoms with E-state index in [0.29, 0.717) is 0 Å². The Hall–Kier alpha value is 0.140. The van der Waals surface area contributed by atoms with Crippen LogP contribution in [0.15, 0.2) is 11.1 Å². The number of ether oxygens (including phenoxy) is 2. The molecule has 2 atom stereocenters. The third kappa shape index (κ3) is 4.19. The first kappa shape index (κ1) is 14.2. The average Bonchev–Trinajstić information content (AvgIpc) is 2.59. The summed E-state index contributed by atoms with van der Waals surface area (Å²) in [6.07, 6.45) is 4.71. The smallest absolute Gasteiger partial charge is 0.167 e. The lowest BCUT2D eigenvalue weighted by Crippen LogP contribution is -2.26. The van der Waals surface area contributed by atoms with Crippen LogP contribution in [0, 0.1) is 0 Å². The molecular formula is C13H23BrO2. The van der Waals surface area contributed by atoms with E-state index in [9.17, 15) is 0 Å². The predicted molar refractivity (Wildman–Crippen MR) is 70.9 cm³/mol. The molecular weight excluding hydrogens is 268 g/mol. The van der Waals surface area contributed by atoms with Crippen LogP contribution in [0.1, 0.15) is 46.5 Å². The van der Waals surface area contributed by atoms with Crippen LogP contribution < -0.4 is 0 Å². The Morgan fingerprint density at radius 3 is 2.69 bits per heavy atom. The summed E-state index contributed by atoms with van der Waals surface area (Å²) in [5.74, 6) is 0. The molecule has 0 amide bonds. The maximum Gasteiger partial charge on any atom is 0.167 e. The largest absolute Gasteiger partial charge is 0.352 e. The van der Waals surface area contributed by atoms with E-state index in [4.69, 9.17) is 9.47 Å². The van der Waals surface area contributed by atoms with Gasteiger partial charge in [0, 0.05) is 6.61 Å². The molecule has 0 aliphatic heterocycles. The number of alkyl halides is 1. The van der Waals surface area contributed by atoms with Crippen LogP contribution in [-0.4, -0.2) is 24.3 Å². The Morgan fingerprint density at radius 1 is 1.44 bits per heavy atom. The van der Waals surface area contributed by atoms with Crippen molar-refractivity contribution in [3.8, 4) is 0 Å². The second-order valence-electron chi connectivity index (χ2n) is 4.43. The fourth-order valence-corrected chi connectivity index (χ4v) is 2.21. The lowest BCUT2D eigenvalue weighted by Gasteiger charge is -2.21. The van der Waals surface area contributed by atoms with Crippen LogP contribution >= 0.6 is 15.9 Å². The molecule has 1 aliphatic rings. The molecule has 94 valence electrons. The van der Waals surface area contributed by atoms with Gasteiger partial charge >= 0.3 is 0 Å². The Labute approximate surface area is 108 Å². The predicted octanol–water partition coefficient (Wildman–Crippen LogP) is 4.04. The summed E-state index contributed by atoms with van der Waals surface area (Å²) in [5.41, 5.74) is 2.87. The van der Waals surface area contributed by atoms with Crippen molar-refractivity contribution in [3.05, 3.63) is 11.1 Å². The van der Waals surface area contributed by atoms with E-state index in [0.717, 1.165) is 31.2 Å². The molecule has 0 aromatic carbocycles. The average molecular weight is 291 g/mol. The number of hydrogen-bond donors (Lipinski definition) is 0. The van der Waals surface area contributed by atoms with Gasteiger partial charge in [-0.1, -0.05) is 34.8 Å². The van der Waals surface area contributed by atoms with Crippen LogP contribution in [0.2, 0.25) is 0 Å². The van der Waals surface area contributed by atoms with Crippen molar-refractivity contribution in [1.82, 2.24) is 0 Å². The van der Waals surface area contributed by atoms with Gasteiger partial charge in [0.25, 0.3) is 0 Å². The van der Waals surface area contributed by atoms with Gasteiger partial charge in [0.05, 0.1) is 11.4 Å². The second-order valence-corrected chi connectivity index (χ2v) is 5.08. The Balaban J connectivity index is 2.33. The molecule has 2 unspecified atom stereocenters. The molecule has 0 heterocycles. The summed E-state index contributed by atoms with van der Waals surface area (Å²) >= 11 is 3.44. The first-order valence-electron chi connectivity index (χ1n) is 6.18. The summed E-state index contributed by atoms with van der Waals surface area (Å²) in [4.78, 5) is 0. The van der Waals surface area contributed by atoms with Gasteiger partial charge in [-0.05, 0) is 38.7 Å². The van der Waals surface area contributed by atoms with Gasteiger partial charge in [-0.15, -0.1) is 0 Å². The highest BCUT2D eigenvalue weighted by atomic mass is 79.9. The van der Waals surface area contributed by atoms with Crippen molar-refractivity contribution in [2.45, 2.75) is 58.8 Å². The Bertz CT molecular complexity index is 238. The first-order chi connectivity index (χ1) is 7.69. The molecule has 0 saturated heterocycles. The van der Waals surface area contributed by atoms with Gasteiger partial charge in [-0.25, -0.2) is 0 Å². The van der Waals surface area contributed by atoms with Gasteiger partial charge in [0.2, 0.25) is 0 Å². The Morgan fingerprint density at radius 2 is 2.19 bits per heavy atom. The third-order valence-electron chi connectivity index (χ3n) is 3.18. The standard InChI is InChI=1S/C13H23BrO2/c1-4-5-8-15-13(9-14)16-12-7-6-10(2)11(12)3/h12-13H,4-9H2,1-3H3. The van der Waals surface area contributed by atoms with Gasteiger partial charge in [0.1, 0.15) is 0 Å². The monoisotopic (exact) mass is 290 g/mol. The van der Waals surface area contributed by atoms with Crippen LogP contribution in [0.4, 0.5) is 0 Å². The fourth-order valence-electron chi connectivity index (χ4n) is 1.87. The van der Waals surface area contributed by atoms with E-state index >= 15 is 0 Å². The van der Waals surface area contributed by atoms with Crippen molar-refractivity contribution in [2.75, 3.05) is 11.9 Å². The van der Waals surface area contributed by atoms with Crippen molar-refractivity contribution in [3.63, 3.8) is 0 Å². The molecule has 0 radical (unpaired) electrons. The maximum absolute atomic E-state index is 5.96. The van der Waals surface area contributed by atoms with E-state index in [-0.39, 0.29) is 12.4 Å². The van der Waals surface area contributed by atoms with Gasteiger partial charge < -0.3 is 9.47 Å². The normalized spacial score (nSPS) is 22.9. The number of unbranched alkanes of at least 4 members (excludes halogenated alkanes) is 1. The van der Waals surface area contributed by atoms with Gasteiger partial charge in [-0.3, -0.25) is 0 Å². The SMILES string of the molecule is CCCCOC(CBr)OC1CCC(C)=C1C. The lowest BCUT2D eigenvalue weighted by atomic mass is 10.2. The number of rotatable bonds is 7. The minimum absolute atomic E-state index is 0.0996. The van der Waals surface area contributed by atoms with Gasteiger partial charge in [-0.2, -0.15) is 0 Å². The van der Waals surface area contributed by atoms with E-state index in [1.165, 1.54) is 17.6 Å². The molecule has 0 saturated carbocycles. The van der Waals surface area contributed by atoms with Crippen LogP contribution in [0.5, 0.6) is 0 Å². The second kappa shape index (κ2) is 7.46. The molecule has 0 bridgehead atoms. The summed E-state index contributed by atoms with van der Waals surface area (Å²) in [7, 11) is 0. The highest BCUT2D eigenvalue weighted by Crippen LogP contribution is 2.29. The quantitative estimate of drug-likeness (QED) is 0.305. The van der Waals surface area contributed by atoms with Crippen LogP contribution in [0.25, 0.3) is 0 Å². The summed E-state index contributed by atoms with van der Waals surface area (Å²) in [6.45, 7) is 7.33. The molecule has 0 fully saturated rings. The molecule has 0 aromatic rings. The van der Waals surface area contributed by atoms with Gasteiger partial charge in [0.15, 0.2) is 6.29 Å². The molecule has 1 rings (SSSR count). The number of allylic oxidation sites excluding steroid dienone is 1. The molecule has 2 nitrogen and oxygen atoms in total. The van der Waals surface area contributed by atoms with Crippen LogP contribution in [-0.2, 0) is 9.47 Å². The van der Waals surface area contributed by atoms with E-state index in [2.05, 4.69) is 36.7 Å². The number of halogens is 1. The number of hydrogen-bond acceptors (Lipinski definition) is 2. The minimum atomic E-state index is -0.0996. The van der Waals surface area contributed by atoms with Crippen molar-refractivity contribution < 1.29 is 9.47 Å². The van der Waals surface area contributed by atoms with Crippen molar-refractivity contribution in [1.29, 1.82) is 0 Å². The molecule has 16 heavy (non-hydrogen) atoms. The van der Waals surface area contributed by atoms with Crippen molar-refractivity contribution in [2.24, 2.45) is 0 Å². The zero-order chi connectivity index (χ0) is 12.0. The first-order valence-corrected chi connectivity index (χ1v) is 7.30. The molecule has 0 N–H and O–H groups in total. The highest BCUT2D eigenvalue weighted by molar-refractivity contribution is 9.09. The zero-order valence-corrected chi connectivity index (χ0v) is 12.2. The molecule has 3 heteroatoms.